The lowest BCUT2D eigenvalue weighted by atomic mass is 10.1. The summed E-state index contributed by atoms with van der Waals surface area (Å²) in [6.45, 7) is 0.213. The van der Waals surface area contributed by atoms with E-state index in [1.165, 1.54) is 6.07 Å². The van der Waals surface area contributed by atoms with E-state index in [0.29, 0.717) is 29.8 Å². The van der Waals surface area contributed by atoms with Crippen molar-refractivity contribution in [1.29, 1.82) is 0 Å². The fourth-order valence-corrected chi connectivity index (χ4v) is 1.88. The third kappa shape index (κ3) is 4.70. The van der Waals surface area contributed by atoms with Gasteiger partial charge in [0.15, 0.2) is 6.61 Å². The SMILES string of the molecule is O=Cc1ccc(OCC(=O)NCCc2ccccc2F)cc1. The average Bonchev–Trinajstić information content (AvgIpc) is 2.55. The van der Waals surface area contributed by atoms with Crippen molar-refractivity contribution in [2.45, 2.75) is 6.42 Å². The van der Waals surface area contributed by atoms with E-state index in [0.717, 1.165) is 6.29 Å². The lowest BCUT2D eigenvalue weighted by Gasteiger charge is -2.08. The Morgan fingerprint density at radius 3 is 2.55 bits per heavy atom. The molecule has 114 valence electrons. The van der Waals surface area contributed by atoms with Gasteiger partial charge in [0.05, 0.1) is 0 Å². The monoisotopic (exact) mass is 301 g/mol. The van der Waals surface area contributed by atoms with E-state index in [1.807, 2.05) is 0 Å². The summed E-state index contributed by atoms with van der Waals surface area (Å²) in [6.07, 6.45) is 1.16. The van der Waals surface area contributed by atoms with Crippen LogP contribution in [0.1, 0.15) is 15.9 Å². The lowest BCUT2D eigenvalue weighted by Crippen LogP contribution is -2.30. The maximum Gasteiger partial charge on any atom is 0.257 e. The van der Waals surface area contributed by atoms with Crippen molar-refractivity contribution in [2.75, 3.05) is 13.2 Å². The zero-order valence-electron chi connectivity index (χ0n) is 11.9. The molecule has 0 spiro atoms. The molecular weight excluding hydrogens is 285 g/mol. The van der Waals surface area contributed by atoms with Crippen molar-refractivity contribution in [3.63, 3.8) is 0 Å². The first-order valence-corrected chi connectivity index (χ1v) is 6.87. The Hall–Kier alpha value is -2.69. The molecule has 22 heavy (non-hydrogen) atoms. The summed E-state index contributed by atoms with van der Waals surface area (Å²) in [6, 6.07) is 12.9. The van der Waals surface area contributed by atoms with Gasteiger partial charge in [0.2, 0.25) is 0 Å². The highest BCUT2D eigenvalue weighted by Gasteiger charge is 2.04. The van der Waals surface area contributed by atoms with Crippen LogP contribution in [0.3, 0.4) is 0 Å². The van der Waals surface area contributed by atoms with E-state index < -0.39 is 0 Å². The minimum atomic E-state index is -0.282. The van der Waals surface area contributed by atoms with Crippen LogP contribution in [-0.4, -0.2) is 25.3 Å². The fourth-order valence-electron chi connectivity index (χ4n) is 1.88. The van der Waals surface area contributed by atoms with Crippen LogP contribution < -0.4 is 10.1 Å². The molecule has 5 heteroatoms. The average molecular weight is 301 g/mol. The van der Waals surface area contributed by atoms with Crippen molar-refractivity contribution in [3.05, 3.63) is 65.5 Å². The van der Waals surface area contributed by atoms with Crippen molar-refractivity contribution in [1.82, 2.24) is 5.32 Å². The highest BCUT2D eigenvalue weighted by Crippen LogP contribution is 2.10. The van der Waals surface area contributed by atoms with Gasteiger partial charge >= 0.3 is 0 Å². The number of amides is 1. The Morgan fingerprint density at radius 1 is 1.14 bits per heavy atom. The third-order valence-electron chi connectivity index (χ3n) is 3.06. The molecule has 0 saturated carbocycles. The smallest absolute Gasteiger partial charge is 0.257 e. The van der Waals surface area contributed by atoms with Gasteiger partial charge in [-0.1, -0.05) is 18.2 Å². The van der Waals surface area contributed by atoms with Crippen LogP contribution in [0.5, 0.6) is 5.75 Å². The van der Waals surface area contributed by atoms with Gasteiger partial charge in [-0.05, 0) is 42.3 Å². The summed E-state index contributed by atoms with van der Waals surface area (Å²) in [7, 11) is 0. The molecule has 0 unspecified atom stereocenters. The minimum absolute atomic E-state index is 0.127. The molecule has 2 aromatic carbocycles. The molecule has 0 aliphatic rings. The molecule has 0 fully saturated rings. The van der Waals surface area contributed by atoms with Crippen molar-refractivity contribution >= 4 is 12.2 Å². The molecule has 0 aliphatic carbocycles. The summed E-state index contributed by atoms with van der Waals surface area (Å²) in [5, 5.41) is 2.66. The Bertz CT molecular complexity index is 641. The minimum Gasteiger partial charge on any atom is -0.484 e. The summed E-state index contributed by atoms with van der Waals surface area (Å²) >= 11 is 0. The third-order valence-corrected chi connectivity index (χ3v) is 3.06. The van der Waals surface area contributed by atoms with E-state index >= 15 is 0 Å². The molecule has 2 aromatic rings. The van der Waals surface area contributed by atoms with Crippen LogP contribution in [0.4, 0.5) is 4.39 Å². The van der Waals surface area contributed by atoms with Crippen LogP contribution in [0.2, 0.25) is 0 Å². The molecule has 0 aliphatic heterocycles. The number of carbonyl (C=O) groups is 2. The number of hydrogen-bond donors (Lipinski definition) is 1. The largest absolute Gasteiger partial charge is 0.484 e. The molecule has 0 radical (unpaired) electrons. The Labute approximate surface area is 127 Å². The highest BCUT2D eigenvalue weighted by molar-refractivity contribution is 5.77. The summed E-state index contributed by atoms with van der Waals surface area (Å²) in [4.78, 5) is 22.1. The Balaban J connectivity index is 1.71. The molecule has 4 nitrogen and oxygen atoms in total. The highest BCUT2D eigenvalue weighted by atomic mass is 19.1. The van der Waals surface area contributed by atoms with Crippen molar-refractivity contribution < 1.29 is 18.7 Å². The number of nitrogens with one attached hydrogen (secondary N) is 1. The Kier molecular flexibility index (Phi) is 5.65. The van der Waals surface area contributed by atoms with Gasteiger partial charge in [0.25, 0.3) is 5.91 Å². The van der Waals surface area contributed by atoms with Gasteiger partial charge in [0.1, 0.15) is 17.9 Å². The lowest BCUT2D eigenvalue weighted by molar-refractivity contribution is -0.123. The van der Waals surface area contributed by atoms with E-state index in [4.69, 9.17) is 4.74 Å². The molecule has 0 heterocycles. The maximum atomic E-state index is 13.4. The molecule has 0 atom stereocenters. The van der Waals surface area contributed by atoms with Crippen LogP contribution in [0, 0.1) is 5.82 Å². The molecule has 0 bridgehead atoms. The number of ether oxygens (including phenoxy) is 1. The fraction of sp³-hybridized carbons (Fsp3) is 0.176. The van der Waals surface area contributed by atoms with E-state index in [9.17, 15) is 14.0 Å². The predicted molar refractivity (Wildman–Crippen MR) is 80.4 cm³/mol. The normalized spacial score (nSPS) is 10.0. The van der Waals surface area contributed by atoms with Crippen molar-refractivity contribution in [3.8, 4) is 5.75 Å². The number of halogens is 1. The van der Waals surface area contributed by atoms with Crippen LogP contribution in [0.25, 0.3) is 0 Å². The van der Waals surface area contributed by atoms with Gasteiger partial charge in [0, 0.05) is 12.1 Å². The molecule has 2 rings (SSSR count). The first-order valence-electron chi connectivity index (χ1n) is 6.87. The zero-order valence-corrected chi connectivity index (χ0v) is 11.9. The zero-order chi connectivity index (χ0) is 15.8. The predicted octanol–water partition coefficient (Wildman–Crippen LogP) is 2.38. The van der Waals surface area contributed by atoms with E-state index in [1.54, 1.807) is 42.5 Å². The first kappa shape index (κ1) is 15.7. The number of aldehydes is 1. The van der Waals surface area contributed by atoms with Gasteiger partial charge < -0.3 is 10.1 Å². The number of rotatable bonds is 7. The van der Waals surface area contributed by atoms with Gasteiger partial charge in [-0.3, -0.25) is 9.59 Å². The topological polar surface area (TPSA) is 55.4 Å². The number of benzene rings is 2. The quantitative estimate of drug-likeness (QED) is 0.799. The molecule has 1 amide bonds. The molecular formula is C17H16FNO3. The second-order valence-electron chi connectivity index (χ2n) is 4.67. The molecule has 0 aromatic heterocycles. The van der Waals surface area contributed by atoms with Crippen LogP contribution in [0.15, 0.2) is 48.5 Å². The van der Waals surface area contributed by atoms with Gasteiger partial charge in [-0.15, -0.1) is 0 Å². The van der Waals surface area contributed by atoms with Gasteiger partial charge in [-0.2, -0.15) is 0 Å². The van der Waals surface area contributed by atoms with E-state index in [2.05, 4.69) is 5.32 Å². The molecule has 0 saturated heterocycles. The summed E-state index contributed by atoms with van der Waals surface area (Å²) < 4.78 is 18.7. The first-order chi connectivity index (χ1) is 10.7. The van der Waals surface area contributed by atoms with E-state index in [-0.39, 0.29) is 18.3 Å². The second kappa shape index (κ2) is 7.93. The molecule has 1 N–H and O–H groups in total. The summed E-state index contributed by atoms with van der Waals surface area (Å²) in [5.41, 5.74) is 1.11. The standard InChI is InChI=1S/C17H16FNO3/c18-16-4-2-1-3-14(16)9-10-19-17(21)12-22-15-7-5-13(11-20)6-8-15/h1-8,11H,9-10,12H2,(H,19,21). The van der Waals surface area contributed by atoms with Crippen LogP contribution >= 0.6 is 0 Å². The number of carbonyl (C=O) groups excluding carboxylic acids is 2. The summed E-state index contributed by atoms with van der Waals surface area (Å²) in [5.74, 6) is -0.0473. The van der Waals surface area contributed by atoms with Gasteiger partial charge in [-0.25, -0.2) is 4.39 Å². The Morgan fingerprint density at radius 2 is 1.86 bits per heavy atom. The second-order valence-corrected chi connectivity index (χ2v) is 4.67. The van der Waals surface area contributed by atoms with Crippen molar-refractivity contribution in [2.24, 2.45) is 0 Å². The number of hydrogen-bond acceptors (Lipinski definition) is 3. The van der Waals surface area contributed by atoms with Crippen LogP contribution in [-0.2, 0) is 11.2 Å². The maximum absolute atomic E-state index is 13.4.